The predicted octanol–water partition coefficient (Wildman–Crippen LogP) is 4.25. The number of aromatic nitrogens is 2. The van der Waals surface area contributed by atoms with Crippen molar-refractivity contribution in [1.82, 2.24) is 14.7 Å². The molecule has 1 aliphatic carbocycles. The van der Waals surface area contributed by atoms with Crippen molar-refractivity contribution in [3.05, 3.63) is 78.0 Å². The summed E-state index contributed by atoms with van der Waals surface area (Å²) < 4.78 is 1.85. The number of hydrogen-bond acceptors (Lipinski definition) is 3. The van der Waals surface area contributed by atoms with Crippen LogP contribution in [0.25, 0.3) is 5.69 Å². The highest BCUT2D eigenvalue weighted by atomic mass is 16.2. The number of benzene rings is 2. The van der Waals surface area contributed by atoms with E-state index in [1.54, 1.807) is 0 Å². The van der Waals surface area contributed by atoms with Crippen molar-refractivity contribution in [1.29, 1.82) is 0 Å². The Balaban J connectivity index is 1.42. The lowest BCUT2D eigenvalue weighted by Gasteiger charge is -2.20. The maximum Gasteiger partial charge on any atom is 0.239 e. The van der Waals surface area contributed by atoms with Crippen molar-refractivity contribution >= 4 is 11.7 Å². The molecule has 5 heteroatoms. The number of anilines is 1. The molecule has 3 aromatic rings. The highest BCUT2D eigenvalue weighted by Gasteiger charge is 2.28. The Kier molecular flexibility index (Phi) is 6.06. The quantitative estimate of drug-likeness (QED) is 0.596. The van der Waals surface area contributed by atoms with Gasteiger partial charge in [0.05, 0.1) is 17.9 Å². The van der Waals surface area contributed by atoms with Crippen LogP contribution in [0.4, 0.5) is 5.82 Å². The first-order valence-electron chi connectivity index (χ1n) is 10.4. The van der Waals surface area contributed by atoms with Gasteiger partial charge in [-0.3, -0.25) is 9.69 Å². The fourth-order valence-electron chi connectivity index (χ4n) is 3.50. The molecular weight excluding hydrogens is 360 g/mol. The molecule has 1 amide bonds. The van der Waals surface area contributed by atoms with Crippen LogP contribution in [0.2, 0.25) is 0 Å². The Morgan fingerprint density at radius 2 is 1.79 bits per heavy atom. The summed E-state index contributed by atoms with van der Waals surface area (Å²) in [6.07, 6.45) is 3.31. The van der Waals surface area contributed by atoms with Gasteiger partial charge in [-0.1, -0.05) is 55.5 Å². The minimum atomic E-state index is -0.000611. The van der Waals surface area contributed by atoms with Crippen LogP contribution in [-0.4, -0.2) is 40.2 Å². The van der Waals surface area contributed by atoms with Gasteiger partial charge in [-0.25, -0.2) is 4.68 Å². The average molecular weight is 389 g/mol. The van der Waals surface area contributed by atoms with E-state index >= 15 is 0 Å². The molecule has 1 fully saturated rings. The number of carbonyl (C=O) groups is 1. The van der Waals surface area contributed by atoms with Crippen molar-refractivity contribution < 1.29 is 4.79 Å². The number of para-hydroxylation sites is 1. The van der Waals surface area contributed by atoms with Gasteiger partial charge >= 0.3 is 0 Å². The highest BCUT2D eigenvalue weighted by molar-refractivity contribution is 5.91. The van der Waals surface area contributed by atoms with E-state index in [-0.39, 0.29) is 5.91 Å². The predicted molar refractivity (Wildman–Crippen MR) is 116 cm³/mol. The molecule has 1 saturated carbocycles. The SMILES string of the molecule is CCN(CCc1ccccc1)CC(=O)Nc1cc(C2CC2)nn1-c1ccccc1. The largest absolute Gasteiger partial charge is 0.309 e. The summed E-state index contributed by atoms with van der Waals surface area (Å²) in [7, 11) is 0. The number of hydrogen-bond donors (Lipinski definition) is 1. The van der Waals surface area contributed by atoms with Crippen LogP contribution >= 0.6 is 0 Å². The number of likely N-dealkylation sites (N-methyl/N-ethyl adjacent to an activating group) is 1. The summed E-state index contributed by atoms with van der Waals surface area (Å²) in [6.45, 7) is 4.17. The van der Waals surface area contributed by atoms with Crippen molar-refractivity contribution in [3.8, 4) is 5.69 Å². The summed E-state index contributed by atoms with van der Waals surface area (Å²) in [5, 5.41) is 7.85. The smallest absolute Gasteiger partial charge is 0.239 e. The van der Waals surface area contributed by atoms with Gasteiger partial charge in [0.1, 0.15) is 5.82 Å². The van der Waals surface area contributed by atoms with Crippen molar-refractivity contribution in [2.24, 2.45) is 0 Å². The second kappa shape index (κ2) is 9.05. The zero-order chi connectivity index (χ0) is 20.1. The molecule has 1 aromatic heterocycles. The van der Waals surface area contributed by atoms with Crippen LogP contribution in [0.3, 0.4) is 0 Å². The molecule has 4 rings (SSSR count). The second-order valence-electron chi connectivity index (χ2n) is 7.63. The molecule has 0 aliphatic heterocycles. The number of nitrogens with zero attached hydrogens (tertiary/aromatic N) is 3. The maximum absolute atomic E-state index is 12.8. The topological polar surface area (TPSA) is 50.2 Å². The lowest BCUT2D eigenvalue weighted by molar-refractivity contribution is -0.117. The van der Waals surface area contributed by atoms with Gasteiger partial charge < -0.3 is 5.32 Å². The van der Waals surface area contributed by atoms with E-state index in [4.69, 9.17) is 5.10 Å². The monoisotopic (exact) mass is 388 g/mol. The normalized spacial score (nSPS) is 13.6. The lowest BCUT2D eigenvalue weighted by Crippen LogP contribution is -2.35. The fraction of sp³-hybridized carbons (Fsp3) is 0.333. The van der Waals surface area contributed by atoms with Crippen molar-refractivity contribution in [3.63, 3.8) is 0 Å². The molecule has 0 saturated heterocycles. The third kappa shape index (κ3) is 5.12. The average Bonchev–Trinajstić information content (AvgIpc) is 3.53. The molecule has 2 aromatic carbocycles. The van der Waals surface area contributed by atoms with E-state index < -0.39 is 0 Å². The molecular formula is C24H28N4O. The molecule has 5 nitrogen and oxygen atoms in total. The van der Waals surface area contributed by atoms with E-state index in [9.17, 15) is 4.79 Å². The first kappa shape index (κ1) is 19.4. The molecule has 0 spiro atoms. The minimum Gasteiger partial charge on any atom is -0.309 e. The Morgan fingerprint density at radius 3 is 2.45 bits per heavy atom. The molecule has 150 valence electrons. The number of amides is 1. The fourth-order valence-corrected chi connectivity index (χ4v) is 3.50. The minimum absolute atomic E-state index is 0.000611. The van der Waals surface area contributed by atoms with Gasteiger partial charge in [0.25, 0.3) is 0 Å². The van der Waals surface area contributed by atoms with Gasteiger partial charge in [0.15, 0.2) is 0 Å². The Labute approximate surface area is 172 Å². The van der Waals surface area contributed by atoms with E-state index in [0.717, 1.165) is 36.7 Å². The van der Waals surface area contributed by atoms with Crippen LogP contribution in [-0.2, 0) is 11.2 Å². The third-order valence-corrected chi connectivity index (χ3v) is 5.37. The molecule has 0 bridgehead atoms. The van der Waals surface area contributed by atoms with Gasteiger partial charge in [0.2, 0.25) is 5.91 Å². The van der Waals surface area contributed by atoms with Gasteiger partial charge in [-0.05, 0) is 43.5 Å². The van der Waals surface area contributed by atoms with E-state index in [1.165, 1.54) is 18.4 Å². The van der Waals surface area contributed by atoms with Crippen molar-refractivity contribution in [2.75, 3.05) is 25.0 Å². The van der Waals surface area contributed by atoms with E-state index in [2.05, 4.69) is 41.4 Å². The molecule has 1 N–H and O–H groups in total. The maximum atomic E-state index is 12.8. The van der Waals surface area contributed by atoms with E-state index in [0.29, 0.717) is 12.5 Å². The zero-order valence-electron chi connectivity index (χ0n) is 16.9. The van der Waals surface area contributed by atoms with Crippen LogP contribution < -0.4 is 5.32 Å². The third-order valence-electron chi connectivity index (χ3n) is 5.37. The van der Waals surface area contributed by atoms with E-state index in [1.807, 2.05) is 47.1 Å². The van der Waals surface area contributed by atoms with Crippen LogP contribution in [0.5, 0.6) is 0 Å². The molecule has 1 heterocycles. The first-order chi connectivity index (χ1) is 14.2. The Bertz CT molecular complexity index is 932. The number of nitrogens with one attached hydrogen (secondary N) is 1. The van der Waals surface area contributed by atoms with Gasteiger partial charge in [-0.2, -0.15) is 5.10 Å². The van der Waals surface area contributed by atoms with Crippen LogP contribution in [0.15, 0.2) is 66.7 Å². The molecule has 29 heavy (non-hydrogen) atoms. The Hall–Kier alpha value is -2.92. The van der Waals surface area contributed by atoms with Gasteiger partial charge in [0, 0.05) is 18.5 Å². The Morgan fingerprint density at radius 1 is 1.10 bits per heavy atom. The summed E-state index contributed by atoms with van der Waals surface area (Å²) in [5.41, 5.74) is 3.33. The zero-order valence-corrected chi connectivity index (χ0v) is 16.9. The summed E-state index contributed by atoms with van der Waals surface area (Å²) in [6, 6.07) is 22.4. The summed E-state index contributed by atoms with van der Waals surface area (Å²) in [4.78, 5) is 15.0. The summed E-state index contributed by atoms with van der Waals surface area (Å²) >= 11 is 0. The second-order valence-corrected chi connectivity index (χ2v) is 7.63. The summed E-state index contributed by atoms with van der Waals surface area (Å²) in [5.74, 6) is 1.29. The van der Waals surface area contributed by atoms with Crippen molar-refractivity contribution in [2.45, 2.75) is 32.1 Å². The molecule has 0 unspecified atom stereocenters. The standard InChI is InChI=1S/C24H28N4O/c1-2-27(16-15-19-9-5-3-6-10-19)18-24(29)25-23-17-22(20-13-14-20)26-28(23)21-11-7-4-8-12-21/h3-12,17,20H,2,13-16,18H2,1H3,(H,25,29). The lowest BCUT2D eigenvalue weighted by atomic mass is 10.1. The first-order valence-corrected chi connectivity index (χ1v) is 10.4. The van der Waals surface area contributed by atoms with Crippen LogP contribution in [0.1, 0.15) is 36.9 Å². The molecule has 1 aliphatic rings. The molecule has 0 radical (unpaired) electrons. The highest BCUT2D eigenvalue weighted by Crippen LogP contribution is 2.40. The molecule has 0 atom stereocenters. The number of rotatable bonds is 9. The van der Waals surface area contributed by atoms with Crippen LogP contribution in [0, 0.1) is 0 Å². The van der Waals surface area contributed by atoms with Gasteiger partial charge in [-0.15, -0.1) is 0 Å². The number of carbonyl (C=O) groups excluding carboxylic acids is 1.